The summed E-state index contributed by atoms with van der Waals surface area (Å²) < 4.78 is 1.18. The van der Waals surface area contributed by atoms with E-state index < -0.39 is 0 Å². The summed E-state index contributed by atoms with van der Waals surface area (Å²) in [5, 5.41) is 3.23. The normalized spacial score (nSPS) is 11.3. The van der Waals surface area contributed by atoms with Crippen LogP contribution in [0, 0.1) is 0 Å². The quantitative estimate of drug-likeness (QED) is 0.421. The Morgan fingerprint density at radius 1 is 1.19 bits per heavy atom. The van der Waals surface area contributed by atoms with Crippen molar-refractivity contribution in [3.05, 3.63) is 41.9 Å². The summed E-state index contributed by atoms with van der Waals surface area (Å²) >= 11 is 1.70. The number of rotatable bonds is 3. The van der Waals surface area contributed by atoms with Crippen LogP contribution in [0.5, 0.6) is 0 Å². The lowest BCUT2D eigenvalue weighted by molar-refractivity contribution is 0.643. The molecule has 0 bridgehead atoms. The lowest BCUT2D eigenvalue weighted by Crippen LogP contribution is -2.07. The number of hydrogen-bond acceptors (Lipinski definition) is 3. The Morgan fingerprint density at radius 2 is 1.95 bits per heavy atom. The van der Waals surface area contributed by atoms with Crippen LogP contribution in [0.25, 0.3) is 21.2 Å². The molecule has 0 N–H and O–H groups in total. The molecule has 0 saturated heterocycles. The third-order valence-corrected chi connectivity index (χ3v) is 4.05. The first-order valence-corrected chi connectivity index (χ1v) is 7.46. The molecule has 0 saturated carbocycles. The van der Waals surface area contributed by atoms with Gasteiger partial charge < -0.3 is 4.90 Å². The van der Waals surface area contributed by atoms with Crippen molar-refractivity contribution in [2.45, 2.75) is 0 Å². The summed E-state index contributed by atoms with van der Waals surface area (Å²) in [6.07, 6.45) is 3.57. The Kier molecular flexibility index (Phi) is 3.75. The molecule has 0 aliphatic heterocycles. The first-order chi connectivity index (χ1) is 10.1. The number of hydrogen-bond donors (Lipinski definition) is 0. The summed E-state index contributed by atoms with van der Waals surface area (Å²) in [7, 11) is 9.65. The van der Waals surface area contributed by atoms with Crippen LogP contribution < -0.4 is 5.46 Å². The van der Waals surface area contributed by atoms with Gasteiger partial charge in [-0.05, 0) is 17.0 Å². The lowest BCUT2D eigenvalue weighted by atomic mass is 9.94. The van der Waals surface area contributed by atoms with Gasteiger partial charge in [-0.25, -0.2) is 9.98 Å². The summed E-state index contributed by atoms with van der Waals surface area (Å²) in [5.41, 5.74) is 3.04. The number of aliphatic imine (C=N–C) groups is 1. The third kappa shape index (κ3) is 2.83. The van der Waals surface area contributed by atoms with Gasteiger partial charge in [0.2, 0.25) is 0 Å². The van der Waals surface area contributed by atoms with E-state index in [0.29, 0.717) is 0 Å². The number of fused-ring (bicyclic) bond motifs is 1. The fourth-order valence-electron chi connectivity index (χ4n) is 2.11. The van der Waals surface area contributed by atoms with E-state index in [0.717, 1.165) is 27.8 Å². The van der Waals surface area contributed by atoms with Crippen LogP contribution in [-0.2, 0) is 0 Å². The van der Waals surface area contributed by atoms with E-state index in [-0.39, 0.29) is 0 Å². The van der Waals surface area contributed by atoms with E-state index in [1.165, 1.54) is 4.70 Å². The van der Waals surface area contributed by atoms with Gasteiger partial charge in [0.15, 0.2) is 5.82 Å². The Bertz CT molecular complexity index is 791. The predicted molar refractivity (Wildman–Crippen MR) is 92.3 cm³/mol. The Morgan fingerprint density at radius 3 is 2.67 bits per heavy atom. The fraction of sp³-hybridized carbons (Fsp3) is 0.125. The Hall–Kier alpha value is -2.14. The van der Waals surface area contributed by atoms with Gasteiger partial charge in [-0.15, -0.1) is 11.3 Å². The predicted octanol–water partition coefficient (Wildman–Crippen LogP) is 2.98. The van der Waals surface area contributed by atoms with Gasteiger partial charge >= 0.3 is 0 Å². The Labute approximate surface area is 129 Å². The molecule has 2 aromatic heterocycles. The molecule has 0 amide bonds. The zero-order valence-electron chi connectivity index (χ0n) is 11.9. The molecule has 0 spiro atoms. The van der Waals surface area contributed by atoms with Gasteiger partial charge in [0.05, 0.1) is 6.34 Å². The van der Waals surface area contributed by atoms with Crippen molar-refractivity contribution in [3.63, 3.8) is 0 Å². The minimum atomic E-state index is 0.745. The second-order valence-electron chi connectivity index (χ2n) is 4.99. The van der Waals surface area contributed by atoms with Crippen LogP contribution in [0.15, 0.2) is 46.9 Å². The standard InChI is InChI=1S/C16H14BN3S/c1-20(2)10-19-16-15-13(9-21-14(15)7-8-18-16)11-3-5-12(17)6-4-11/h3-10H,1-2H3. The molecule has 0 unspecified atom stereocenters. The molecule has 3 aromatic rings. The number of thiophene rings is 1. The van der Waals surface area contributed by atoms with Crippen LogP contribution >= 0.6 is 11.3 Å². The molecular formula is C16H14BN3S. The molecule has 0 aliphatic rings. The minimum Gasteiger partial charge on any atom is -0.369 e. The topological polar surface area (TPSA) is 28.5 Å². The van der Waals surface area contributed by atoms with E-state index in [1.54, 1.807) is 23.9 Å². The molecule has 0 fully saturated rings. The van der Waals surface area contributed by atoms with E-state index in [1.807, 2.05) is 49.3 Å². The van der Waals surface area contributed by atoms with Crippen LogP contribution in [0.3, 0.4) is 0 Å². The van der Waals surface area contributed by atoms with E-state index >= 15 is 0 Å². The summed E-state index contributed by atoms with van der Waals surface area (Å²) in [5.74, 6) is 0.745. The fourth-order valence-corrected chi connectivity index (χ4v) is 3.07. The van der Waals surface area contributed by atoms with Gasteiger partial charge in [0, 0.05) is 35.9 Å². The SMILES string of the molecule is [B]c1ccc(-c2csc3ccnc(N=CN(C)C)c23)cc1. The lowest BCUT2D eigenvalue weighted by Gasteiger charge is -2.05. The molecule has 21 heavy (non-hydrogen) atoms. The smallest absolute Gasteiger partial charge is 0.162 e. The van der Waals surface area contributed by atoms with Gasteiger partial charge in [0.1, 0.15) is 7.85 Å². The van der Waals surface area contributed by atoms with Crippen molar-refractivity contribution < 1.29 is 0 Å². The maximum absolute atomic E-state index is 5.76. The number of benzene rings is 1. The van der Waals surface area contributed by atoms with Gasteiger partial charge in [-0.2, -0.15) is 0 Å². The van der Waals surface area contributed by atoms with Crippen molar-refractivity contribution in [3.8, 4) is 11.1 Å². The highest BCUT2D eigenvalue weighted by Gasteiger charge is 2.11. The van der Waals surface area contributed by atoms with E-state index in [4.69, 9.17) is 7.85 Å². The molecule has 0 atom stereocenters. The molecular weight excluding hydrogens is 277 g/mol. The molecule has 1 aromatic carbocycles. The molecule has 2 heterocycles. The van der Waals surface area contributed by atoms with Gasteiger partial charge in [-0.1, -0.05) is 29.7 Å². The van der Waals surface area contributed by atoms with Crippen molar-refractivity contribution >= 4 is 46.9 Å². The van der Waals surface area contributed by atoms with Crippen LogP contribution in [-0.4, -0.2) is 38.2 Å². The number of pyridine rings is 1. The highest BCUT2D eigenvalue weighted by atomic mass is 32.1. The maximum Gasteiger partial charge on any atom is 0.162 e. The molecule has 3 rings (SSSR count). The zero-order chi connectivity index (χ0) is 14.8. The van der Waals surface area contributed by atoms with E-state index in [9.17, 15) is 0 Å². The molecule has 2 radical (unpaired) electrons. The van der Waals surface area contributed by atoms with Gasteiger partial charge in [-0.3, -0.25) is 0 Å². The van der Waals surface area contributed by atoms with Crippen LogP contribution in [0.2, 0.25) is 0 Å². The Balaban J connectivity index is 2.17. The third-order valence-electron chi connectivity index (χ3n) is 3.10. The first-order valence-electron chi connectivity index (χ1n) is 6.58. The average molecular weight is 291 g/mol. The van der Waals surface area contributed by atoms with Crippen molar-refractivity contribution in [2.75, 3.05) is 14.1 Å². The highest BCUT2D eigenvalue weighted by Crippen LogP contribution is 2.38. The second kappa shape index (κ2) is 5.70. The van der Waals surface area contributed by atoms with Crippen molar-refractivity contribution in [1.82, 2.24) is 9.88 Å². The first kappa shape index (κ1) is 13.8. The van der Waals surface area contributed by atoms with Crippen LogP contribution in [0.1, 0.15) is 0 Å². The maximum atomic E-state index is 5.76. The molecule has 5 heteroatoms. The molecule has 3 nitrogen and oxygen atoms in total. The van der Waals surface area contributed by atoms with Crippen molar-refractivity contribution in [1.29, 1.82) is 0 Å². The van der Waals surface area contributed by atoms with Crippen LogP contribution in [0.4, 0.5) is 5.82 Å². The second-order valence-corrected chi connectivity index (χ2v) is 5.90. The van der Waals surface area contributed by atoms with Crippen molar-refractivity contribution in [2.24, 2.45) is 4.99 Å². The number of nitrogens with zero attached hydrogens (tertiary/aromatic N) is 3. The highest BCUT2D eigenvalue weighted by molar-refractivity contribution is 7.17. The van der Waals surface area contributed by atoms with E-state index in [2.05, 4.69) is 15.4 Å². The largest absolute Gasteiger partial charge is 0.369 e. The molecule has 0 aliphatic carbocycles. The zero-order valence-corrected chi connectivity index (χ0v) is 12.8. The molecule has 102 valence electrons. The monoisotopic (exact) mass is 291 g/mol. The van der Waals surface area contributed by atoms with Gasteiger partial charge in [0.25, 0.3) is 0 Å². The minimum absolute atomic E-state index is 0.745. The number of aromatic nitrogens is 1. The average Bonchev–Trinajstić information content (AvgIpc) is 2.90. The summed E-state index contributed by atoms with van der Waals surface area (Å²) in [6, 6.07) is 9.91. The summed E-state index contributed by atoms with van der Waals surface area (Å²) in [6.45, 7) is 0. The summed E-state index contributed by atoms with van der Waals surface area (Å²) in [4.78, 5) is 10.8.